The number of halogens is 2. The third kappa shape index (κ3) is 4.13. The molecule has 0 bridgehead atoms. The summed E-state index contributed by atoms with van der Waals surface area (Å²) in [7, 11) is 0. The van der Waals surface area contributed by atoms with Crippen LogP contribution in [0.1, 0.15) is 39.1 Å². The molecule has 0 radical (unpaired) electrons. The second kappa shape index (κ2) is 8.02. The van der Waals surface area contributed by atoms with E-state index in [0.717, 1.165) is 6.07 Å². The molecular weight excluding hydrogens is 468 g/mol. The predicted molar refractivity (Wildman–Crippen MR) is 107 cm³/mol. The topological polar surface area (TPSA) is 147 Å². The van der Waals surface area contributed by atoms with E-state index in [-0.39, 0.29) is 26.8 Å². The van der Waals surface area contributed by atoms with E-state index in [2.05, 4.69) is 26.1 Å². The molecule has 12 heteroatoms. The minimum atomic E-state index is -3.03. The summed E-state index contributed by atoms with van der Waals surface area (Å²) >= 11 is 9.44. The maximum atomic E-state index is 12.2. The third-order valence-corrected chi connectivity index (χ3v) is 4.36. The van der Waals surface area contributed by atoms with Crippen molar-refractivity contribution < 1.29 is 13.0 Å². The zero-order valence-corrected chi connectivity index (χ0v) is 16.3. The van der Waals surface area contributed by atoms with Crippen molar-refractivity contribution in [3.05, 3.63) is 70.1 Å². The number of nitrogens with zero attached hydrogens (tertiary/aromatic N) is 4. The van der Waals surface area contributed by atoms with E-state index in [1.807, 2.05) is 10.1 Å². The fourth-order valence-electron chi connectivity index (χ4n) is 2.19. The van der Waals surface area contributed by atoms with Crippen LogP contribution in [0.3, 0.4) is 0 Å². The van der Waals surface area contributed by atoms with Gasteiger partial charge in [-0.05, 0) is 34.0 Å². The maximum Gasteiger partial charge on any atom is 0.349 e. The molecule has 0 saturated heterocycles. The number of hydrogen-bond acceptors (Lipinski definition) is 7. The van der Waals surface area contributed by atoms with E-state index in [4.69, 9.17) is 29.8 Å². The number of nitriles is 1. The highest BCUT2D eigenvalue weighted by Crippen LogP contribution is 2.37. The van der Waals surface area contributed by atoms with Crippen molar-refractivity contribution in [2.75, 3.05) is 0 Å². The van der Waals surface area contributed by atoms with Crippen LogP contribution in [0.15, 0.2) is 37.1 Å². The Hall–Kier alpha value is -3.23. The van der Waals surface area contributed by atoms with E-state index < -0.39 is 47.7 Å². The lowest BCUT2D eigenvalue weighted by Gasteiger charge is -2.12. The first-order chi connectivity index (χ1) is 16.1. The molecule has 0 amide bonds. The molecule has 3 rings (SSSR count). The molecule has 0 aliphatic carbocycles. The number of benzene rings is 1. The van der Waals surface area contributed by atoms with Gasteiger partial charge in [-0.15, -0.1) is 10.2 Å². The van der Waals surface area contributed by atoms with E-state index in [1.54, 1.807) is 6.07 Å². The van der Waals surface area contributed by atoms with E-state index >= 15 is 0 Å². The Bertz CT molecular complexity index is 1490. The fraction of sp³-hybridized carbons (Fsp3) is 0.176. The van der Waals surface area contributed by atoms with Crippen LogP contribution in [0.5, 0.6) is 11.6 Å². The molecule has 0 spiro atoms. The van der Waals surface area contributed by atoms with Gasteiger partial charge in [0.15, 0.2) is 5.75 Å². The van der Waals surface area contributed by atoms with Crippen molar-refractivity contribution in [1.82, 2.24) is 25.0 Å². The minimum Gasteiger partial charge on any atom is -0.435 e. The average molecular weight is 486 g/mol. The van der Waals surface area contributed by atoms with Crippen molar-refractivity contribution in [3.8, 4) is 23.4 Å². The largest absolute Gasteiger partial charge is 0.435 e. The van der Waals surface area contributed by atoms with Gasteiger partial charge in [-0.1, -0.05) is 25.3 Å². The molecule has 2 N–H and O–H groups in total. The summed E-state index contributed by atoms with van der Waals surface area (Å²) in [6.45, 7) is -6.06. The molecule has 148 valence electrons. The van der Waals surface area contributed by atoms with E-state index in [9.17, 15) is 14.4 Å². The standard InChI is InChI=1S/C17H12BrClN6O4/c1-7(2)9-5-13(22-23-15(9)26)29-14-10(18)3-8(4-11(14)19)25-17(28)21-16(27)12(6-20)24-25/h3-5,7H,1-2H3,(H,23,26)(H,21,27,28)/i1D3,2D3. The second-order valence-corrected chi connectivity index (χ2v) is 6.66. The smallest absolute Gasteiger partial charge is 0.349 e. The van der Waals surface area contributed by atoms with Crippen LogP contribution < -0.4 is 21.5 Å². The first-order valence-electron chi connectivity index (χ1n) is 10.5. The number of nitrogens with one attached hydrogen (secondary N) is 2. The molecule has 0 atom stereocenters. The highest BCUT2D eigenvalue weighted by Gasteiger charge is 2.16. The van der Waals surface area contributed by atoms with E-state index in [1.165, 1.54) is 12.1 Å². The van der Waals surface area contributed by atoms with Gasteiger partial charge in [-0.2, -0.15) is 9.94 Å². The van der Waals surface area contributed by atoms with Gasteiger partial charge in [0.2, 0.25) is 11.6 Å². The molecule has 0 saturated carbocycles. The molecule has 0 fully saturated rings. The fourth-order valence-corrected chi connectivity index (χ4v) is 3.08. The zero-order chi connectivity index (χ0) is 26.3. The predicted octanol–water partition coefficient (Wildman–Crippen LogP) is 2.21. The lowest BCUT2D eigenvalue weighted by Crippen LogP contribution is -2.33. The van der Waals surface area contributed by atoms with Crippen LogP contribution in [0.4, 0.5) is 0 Å². The Balaban J connectivity index is 2.07. The Morgan fingerprint density at radius 1 is 1.31 bits per heavy atom. The van der Waals surface area contributed by atoms with E-state index in [0.29, 0.717) is 4.68 Å². The van der Waals surface area contributed by atoms with Gasteiger partial charge < -0.3 is 4.74 Å². The van der Waals surface area contributed by atoms with Crippen LogP contribution in [0, 0.1) is 11.3 Å². The normalized spacial score (nSPS) is 14.7. The summed E-state index contributed by atoms with van der Waals surface area (Å²) in [5.74, 6) is -2.59. The second-order valence-electron chi connectivity index (χ2n) is 5.40. The molecular formula is C17H12BrClN6O4. The van der Waals surface area contributed by atoms with Crippen molar-refractivity contribution in [1.29, 1.82) is 5.26 Å². The summed E-state index contributed by atoms with van der Waals surface area (Å²) in [6.07, 6.45) is 0. The van der Waals surface area contributed by atoms with Crippen LogP contribution in [-0.4, -0.2) is 25.0 Å². The number of aromatic nitrogens is 5. The molecule has 29 heavy (non-hydrogen) atoms. The maximum absolute atomic E-state index is 12.2. The lowest BCUT2D eigenvalue weighted by atomic mass is 10.1. The van der Waals surface area contributed by atoms with Crippen molar-refractivity contribution in [2.45, 2.75) is 19.6 Å². The number of aromatic amines is 2. The number of ether oxygens (including phenoxy) is 1. The third-order valence-electron chi connectivity index (χ3n) is 3.49. The number of rotatable bonds is 4. The van der Waals surface area contributed by atoms with Crippen molar-refractivity contribution in [2.24, 2.45) is 0 Å². The molecule has 2 aromatic heterocycles. The zero-order valence-electron chi connectivity index (χ0n) is 20.0. The quantitative estimate of drug-likeness (QED) is 0.576. The van der Waals surface area contributed by atoms with Crippen LogP contribution in [-0.2, 0) is 0 Å². The Kier molecular flexibility index (Phi) is 3.83. The Morgan fingerprint density at radius 2 is 2.07 bits per heavy atom. The average Bonchev–Trinajstić information content (AvgIpc) is 2.71. The highest BCUT2D eigenvalue weighted by atomic mass is 79.9. The van der Waals surface area contributed by atoms with Crippen LogP contribution >= 0.6 is 27.5 Å². The van der Waals surface area contributed by atoms with Crippen molar-refractivity contribution in [3.63, 3.8) is 0 Å². The molecule has 0 unspecified atom stereocenters. The minimum absolute atomic E-state index is 0.0342. The molecule has 1 aromatic carbocycles. The Morgan fingerprint density at radius 3 is 2.72 bits per heavy atom. The van der Waals surface area contributed by atoms with Crippen LogP contribution in [0.2, 0.25) is 5.02 Å². The van der Waals surface area contributed by atoms with Crippen molar-refractivity contribution >= 4 is 27.5 Å². The number of hydrogen-bond donors (Lipinski definition) is 2. The summed E-state index contributed by atoms with van der Waals surface area (Å²) in [5, 5.41) is 18.1. The molecule has 2 heterocycles. The number of H-pyrrole nitrogens is 2. The van der Waals surface area contributed by atoms with Gasteiger partial charge in [-0.25, -0.2) is 9.89 Å². The summed E-state index contributed by atoms with van der Waals surface area (Å²) in [5.41, 5.74) is -4.06. The van der Waals surface area contributed by atoms with Gasteiger partial charge in [-0.3, -0.25) is 14.6 Å². The highest BCUT2D eigenvalue weighted by molar-refractivity contribution is 9.10. The summed E-state index contributed by atoms with van der Waals surface area (Å²) < 4.78 is 51.7. The van der Waals surface area contributed by atoms with Gasteiger partial charge in [0.25, 0.3) is 11.1 Å². The van der Waals surface area contributed by atoms with Crippen LogP contribution in [0.25, 0.3) is 5.69 Å². The molecule has 3 aromatic rings. The summed E-state index contributed by atoms with van der Waals surface area (Å²) in [6, 6.07) is 4.93. The van der Waals surface area contributed by atoms with Gasteiger partial charge in [0.1, 0.15) is 6.07 Å². The summed E-state index contributed by atoms with van der Waals surface area (Å²) in [4.78, 5) is 37.8. The SMILES string of the molecule is [2H]C([2H])([2H])C(c1cc(Oc2c(Cl)cc(-n3nc(C#N)c(=O)[nH]c3=O)cc2Br)n[nH]c1=O)C([2H])([2H])[2H]. The molecule has 0 aliphatic rings. The monoisotopic (exact) mass is 484 g/mol. The Labute approximate surface area is 184 Å². The van der Waals surface area contributed by atoms with Gasteiger partial charge >= 0.3 is 5.69 Å². The first-order valence-corrected chi connectivity index (χ1v) is 8.71. The lowest BCUT2D eigenvalue weighted by molar-refractivity contribution is 0.449. The van der Waals surface area contributed by atoms with Gasteiger partial charge in [0.05, 0.1) is 15.2 Å². The van der Waals surface area contributed by atoms with Gasteiger partial charge in [0, 0.05) is 19.9 Å². The first kappa shape index (κ1) is 13.9. The molecule has 0 aliphatic heterocycles. The molecule has 10 nitrogen and oxygen atoms in total.